The van der Waals surface area contributed by atoms with Gasteiger partial charge in [-0.15, -0.1) is 10.2 Å². The predicted molar refractivity (Wildman–Crippen MR) is 65.3 cm³/mol. The summed E-state index contributed by atoms with van der Waals surface area (Å²) < 4.78 is 12.7. The van der Waals surface area contributed by atoms with E-state index in [1.54, 1.807) is 16.9 Å². The summed E-state index contributed by atoms with van der Waals surface area (Å²) >= 11 is 0. The number of hydrogen-bond acceptors (Lipinski definition) is 4. The average Bonchev–Trinajstić information content (AvgIpc) is 2.84. The maximum Gasteiger partial charge on any atom is 0.175 e. The molecule has 5 nitrogen and oxygen atoms in total. The summed E-state index contributed by atoms with van der Waals surface area (Å²) in [7, 11) is 0. The molecule has 0 unspecified atom stereocenters. The second-order valence-electron chi connectivity index (χ2n) is 4.07. The standard InChI is InChI=1S/C12H16FN5/c13-11-5-2-10(3-6-11)4-7-12-15-17-18(16-12)9-1-8-14/h2-3,5-6H,1,4,7-9,14H2. The van der Waals surface area contributed by atoms with E-state index >= 15 is 0 Å². The van der Waals surface area contributed by atoms with E-state index in [2.05, 4.69) is 15.4 Å². The molecular formula is C12H16FN5. The first-order valence-corrected chi connectivity index (χ1v) is 5.99. The van der Waals surface area contributed by atoms with E-state index in [9.17, 15) is 4.39 Å². The number of nitrogens with zero attached hydrogens (tertiary/aromatic N) is 4. The Morgan fingerprint density at radius 1 is 1.17 bits per heavy atom. The Hall–Kier alpha value is -1.82. The van der Waals surface area contributed by atoms with Crippen LogP contribution in [-0.2, 0) is 19.4 Å². The van der Waals surface area contributed by atoms with Crippen molar-refractivity contribution in [1.29, 1.82) is 0 Å². The molecule has 0 radical (unpaired) electrons. The van der Waals surface area contributed by atoms with Crippen molar-refractivity contribution in [2.45, 2.75) is 25.8 Å². The highest BCUT2D eigenvalue weighted by Gasteiger charge is 2.03. The molecule has 0 fully saturated rings. The van der Waals surface area contributed by atoms with Gasteiger partial charge in [-0.2, -0.15) is 4.80 Å². The molecule has 2 aromatic rings. The molecule has 0 bridgehead atoms. The number of aromatic nitrogens is 4. The lowest BCUT2D eigenvalue weighted by molar-refractivity contribution is 0.502. The molecule has 2 rings (SSSR count). The van der Waals surface area contributed by atoms with Crippen molar-refractivity contribution < 1.29 is 4.39 Å². The fourth-order valence-corrected chi connectivity index (χ4v) is 1.61. The van der Waals surface area contributed by atoms with Gasteiger partial charge in [-0.3, -0.25) is 0 Å². The summed E-state index contributed by atoms with van der Waals surface area (Å²) in [6, 6.07) is 6.46. The summed E-state index contributed by atoms with van der Waals surface area (Å²) in [4.78, 5) is 1.56. The van der Waals surface area contributed by atoms with E-state index in [0.29, 0.717) is 25.3 Å². The van der Waals surface area contributed by atoms with Crippen LogP contribution in [0.4, 0.5) is 4.39 Å². The molecule has 0 spiro atoms. The van der Waals surface area contributed by atoms with Gasteiger partial charge in [0.1, 0.15) is 5.82 Å². The van der Waals surface area contributed by atoms with E-state index in [0.717, 1.165) is 18.4 Å². The predicted octanol–water partition coefficient (Wildman–Crippen LogP) is 0.946. The van der Waals surface area contributed by atoms with E-state index < -0.39 is 0 Å². The number of rotatable bonds is 6. The van der Waals surface area contributed by atoms with E-state index in [4.69, 9.17) is 5.73 Å². The molecule has 0 atom stereocenters. The van der Waals surface area contributed by atoms with Crippen LogP contribution in [0.25, 0.3) is 0 Å². The van der Waals surface area contributed by atoms with Crippen molar-refractivity contribution in [3.05, 3.63) is 41.5 Å². The normalized spacial score (nSPS) is 10.8. The lowest BCUT2D eigenvalue weighted by Crippen LogP contribution is -2.08. The molecule has 0 aliphatic carbocycles. The van der Waals surface area contributed by atoms with Gasteiger partial charge in [0.2, 0.25) is 0 Å². The van der Waals surface area contributed by atoms with Crippen LogP contribution in [0.5, 0.6) is 0 Å². The van der Waals surface area contributed by atoms with Crippen LogP contribution in [0, 0.1) is 5.82 Å². The Morgan fingerprint density at radius 3 is 2.67 bits per heavy atom. The Morgan fingerprint density at radius 2 is 1.94 bits per heavy atom. The van der Waals surface area contributed by atoms with Crippen LogP contribution in [0.3, 0.4) is 0 Å². The second kappa shape index (κ2) is 6.20. The third-order valence-corrected chi connectivity index (χ3v) is 2.61. The summed E-state index contributed by atoms with van der Waals surface area (Å²) in [5.41, 5.74) is 6.47. The summed E-state index contributed by atoms with van der Waals surface area (Å²) in [6.45, 7) is 1.31. The maximum absolute atomic E-state index is 12.7. The molecule has 18 heavy (non-hydrogen) atoms. The minimum atomic E-state index is -0.218. The topological polar surface area (TPSA) is 69.6 Å². The van der Waals surface area contributed by atoms with Crippen LogP contribution >= 0.6 is 0 Å². The molecule has 96 valence electrons. The Bertz CT molecular complexity index is 479. The third-order valence-electron chi connectivity index (χ3n) is 2.61. The first-order chi connectivity index (χ1) is 8.78. The zero-order chi connectivity index (χ0) is 12.8. The number of hydrogen-bond donors (Lipinski definition) is 1. The number of aryl methyl sites for hydroxylation is 3. The Kier molecular flexibility index (Phi) is 4.35. The van der Waals surface area contributed by atoms with Gasteiger partial charge < -0.3 is 5.73 Å². The second-order valence-corrected chi connectivity index (χ2v) is 4.07. The van der Waals surface area contributed by atoms with Gasteiger partial charge in [0.15, 0.2) is 5.82 Å². The van der Waals surface area contributed by atoms with Crippen LogP contribution in [0.2, 0.25) is 0 Å². The minimum absolute atomic E-state index is 0.218. The molecular weight excluding hydrogens is 233 g/mol. The van der Waals surface area contributed by atoms with Crippen molar-refractivity contribution >= 4 is 0 Å². The summed E-state index contributed by atoms with van der Waals surface area (Å²) in [6.07, 6.45) is 2.32. The van der Waals surface area contributed by atoms with E-state index in [1.807, 2.05) is 0 Å². The van der Waals surface area contributed by atoms with Crippen molar-refractivity contribution in [1.82, 2.24) is 20.2 Å². The zero-order valence-corrected chi connectivity index (χ0v) is 10.1. The number of benzene rings is 1. The van der Waals surface area contributed by atoms with Crippen molar-refractivity contribution in [3.63, 3.8) is 0 Å². The van der Waals surface area contributed by atoms with Crippen LogP contribution in [0.15, 0.2) is 24.3 Å². The highest BCUT2D eigenvalue weighted by atomic mass is 19.1. The fourth-order valence-electron chi connectivity index (χ4n) is 1.61. The van der Waals surface area contributed by atoms with Crippen LogP contribution < -0.4 is 5.73 Å². The highest BCUT2D eigenvalue weighted by molar-refractivity contribution is 5.16. The fraction of sp³-hybridized carbons (Fsp3) is 0.417. The molecule has 1 heterocycles. The molecule has 0 amide bonds. The van der Waals surface area contributed by atoms with Gasteiger partial charge in [-0.05, 0) is 42.3 Å². The molecule has 0 aliphatic heterocycles. The molecule has 1 aromatic carbocycles. The first kappa shape index (κ1) is 12.6. The van der Waals surface area contributed by atoms with Gasteiger partial charge in [0.25, 0.3) is 0 Å². The number of tetrazole rings is 1. The molecule has 6 heteroatoms. The zero-order valence-electron chi connectivity index (χ0n) is 10.1. The van der Waals surface area contributed by atoms with Crippen LogP contribution in [-0.4, -0.2) is 26.8 Å². The minimum Gasteiger partial charge on any atom is -0.330 e. The van der Waals surface area contributed by atoms with Crippen molar-refractivity contribution in [3.8, 4) is 0 Å². The SMILES string of the molecule is NCCCn1nnc(CCc2ccc(F)cc2)n1. The van der Waals surface area contributed by atoms with E-state index in [1.165, 1.54) is 12.1 Å². The Balaban J connectivity index is 1.86. The van der Waals surface area contributed by atoms with Gasteiger partial charge in [0.05, 0.1) is 6.54 Å². The lowest BCUT2D eigenvalue weighted by atomic mass is 10.1. The summed E-state index contributed by atoms with van der Waals surface area (Å²) in [5.74, 6) is 0.487. The van der Waals surface area contributed by atoms with Gasteiger partial charge in [0, 0.05) is 6.42 Å². The number of halogens is 1. The van der Waals surface area contributed by atoms with Crippen molar-refractivity contribution in [2.75, 3.05) is 6.54 Å². The van der Waals surface area contributed by atoms with E-state index in [-0.39, 0.29) is 5.82 Å². The maximum atomic E-state index is 12.7. The van der Waals surface area contributed by atoms with Crippen LogP contribution in [0.1, 0.15) is 17.8 Å². The first-order valence-electron chi connectivity index (χ1n) is 5.99. The lowest BCUT2D eigenvalue weighted by Gasteiger charge is -1.98. The Labute approximate surface area is 105 Å². The third kappa shape index (κ3) is 3.59. The number of nitrogens with two attached hydrogens (primary N) is 1. The molecule has 1 aromatic heterocycles. The largest absolute Gasteiger partial charge is 0.330 e. The van der Waals surface area contributed by atoms with Crippen molar-refractivity contribution in [2.24, 2.45) is 5.73 Å². The molecule has 0 aliphatic rings. The quantitative estimate of drug-likeness (QED) is 0.827. The molecule has 2 N–H and O–H groups in total. The summed E-state index contributed by atoms with van der Waals surface area (Å²) in [5, 5.41) is 12.2. The molecule has 0 saturated carbocycles. The smallest absolute Gasteiger partial charge is 0.175 e. The van der Waals surface area contributed by atoms with Gasteiger partial charge >= 0.3 is 0 Å². The van der Waals surface area contributed by atoms with Gasteiger partial charge in [-0.1, -0.05) is 12.1 Å². The monoisotopic (exact) mass is 249 g/mol. The average molecular weight is 249 g/mol. The highest BCUT2D eigenvalue weighted by Crippen LogP contribution is 2.05. The van der Waals surface area contributed by atoms with Gasteiger partial charge in [-0.25, -0.2) is 4.39 Å². The molecule has 0 saturated heterocycles.